The highest BCUT2D eigenvalue weighted by molar-refractivity contribution is 7.14. The number of amides is 2. The molecule has 0 aromatic carbocycles. The van der Waals surface area contributed by atoms with Crippen LogP contribution in [-0.2, 0) is 0 Å². The van der Waals surface area contributed by atoms with Gasteiger partial charge in [0.1, 0.15) is 0 Å². The molecule has 1 unspecified atom stereocenters. The summed E-state index contributed by atoms with van der Waals surface area (Å²) < 4.78 is 0. The van der Waals surface area contributed by atoms with Crippen molar-refractivity contribution in [2.45, 2.75) is 45.2 Å². The van der Waals surface area contributed by atoms with Crippen LogP contribution in [0, 0.1) is 13.8 Å². The molecule has 132 valence electrons. The van der Waals surface area contributed by atoms with Gasteiger partial charge in [-0.2, -0.15) is 0 Å². The lowest BCUT2D eigenvalue weighted by Gasteiger charge is -2.29. The van der Waals surface area contributed by atoms with Crippen LogP contribution >= 0.6 is 22.7 Å². The van der Waals surface area contributed by atoms with E-state index in [2.05, 4.69) is 4.90 Å². The van der Waals surface area contributed by atoms with Crippen molar-refractivity contribution in [3.05, 3.63) is 43.8 Å². The summed E-state index contributed by atoms with van der Waals surface area (Å²) in [5.41, 5.74) is 0. The number of hydrogen-bond donors (Lipinski definition) is 0. The molecule has 1 saturated carbocycles. The molecule has 0 bridgehead atoms. The number of thiophene rings is 2. The van der Waals surface area contributed by atoms with Crippen LogP contribution in [-0.4, -0.2) is 46.8 Å². The average Bonchev–Trinajstić information content (AvgIpc) is 2.99. The molecule has 2 aromatic heterocycles. The minimum atomic E-state index is 0.107. The summed E-state index contributed by atoms with van der Waals surface area (Å²) in [5.74, 6) is 0.252. The molecule has 6 heteroatoms. The number of hydrogen-bond acceptors (Lipinski definition) is 4. The molecule has 0 spiro atoms. The Morgan fingerprint density at radius 3 is 2.16 bits per heavy atom. The van der Waals surface area contributed by atoms with E-state index in [-0.39, 0.29) is 17.9 Å². The maximum absolute atomic E-state index is 13.0. The second-order valence-corrected chi connectivity index (χ2v) is 9.53. The lowest BCUT2D eigenvalue weighted by atomic mass is 10.2. The van der Waals surface area contributed by atoms with Gasteiger partial charge in [0.2, 0.25) is 0 Å². The summed E-state index contributed by atoms with van der Waals surface area (Å²) in [6.07, 6.45) is 3.05. The first-order chi connectivity index (χ1) is 12.0. The fraction of sp³-hybridized carbons (Fsp3) is 0.474. The van der Waals surface area contributed by atoms with Crippen molar-refractivity contribution in [1.82, 2.24) is 9.80 Å². The molecule has 1 aliphatic heterocycles. The summed E-state index contributed by atoms with van der Waals surface area (Å²) in [6, 6.07) is 8.35. The first-order valence-electron chi connectivity index (χ1n) is 8.78. The molecular formula is C19H22N2O2S2. The number of rotatable bonds is 4. The zero-order valence-corrected chi connectivity index (χ0v) is 16.2. The highest BCUT2D eigenvalue weighted by Crippen LogP contribution is 2.34. The minimum Gasteiger partial charge on any atom is -0.336 e. The van der Waals surface area contributed by atoms with E-state index >= 15 is 0 Å². The maximum Gasteiger partial charge on any atom is 0.264 e. The van der Waals surface area contributed by atoms with Gasteiger partial charge in [0.05, 0.1) is 15.8 Å². The normalized spacial score (nSPS) is 20.1. The molecule has 1 aliphatic carbocycles. The fourth-order valence-corrected chi connectivity index (χ4v) is 5.17. The van der Waals surface area contributed by atoms with E-state index in [0.29, 0.717) is 12.6 Å². The maximum atomic E-state index is 13.0. The predicted molar refractivity (Wildman–Crippen MR) is 102 cm³/mol. The monoisotopic (exact) mass is 374 g/mol. The molecule has 4 rings (SSSR count). The summed E-state index contributed by atoms with van der Waals surface area (Å²) in [4.78, 5) is 33.6. The highest BCUT2D eigenvalue weighted by atomic mass is 32.1. The third-order valence-corrected chi connectivity index (χ3v) is 6.90. The first kappa shape index (κ1) is 16.8. The van der Waals surface area contributed by atoms with E-state index in [1.54, 1.807) is 22.7 Å². The lowest BCUT2D eigenvalue weighted by Crippen LogP contribution is -2.43. The largest absolute Gasteiger partial charge is 0.336 e. The predicted octanol–water partition coefficient (Wildman–Crippen LogP) is 3.95. The van der Waals surface area contributed by atoms with Crippen LogP contribution in [0.3, 0.4) is 0 Å². The second-order valence-electron chi connectivity index (χ2n) is 6.96. The lowest BCUT2D eigenvalue weighted by molar-refractivity contribution is 0.0646. The number of carbonyl (C=O) groups excluding carboxylic acids is 2. The van der Waals surface area contributed by atoms with E-state index in [9.17, 15) is 9.59 Å². The Labute approximate surface area is 156 Å². The quantitative estimate of drug-likeness (QED) is 0.813. The Morgan fingerprint density at radius 1 is 0.960 bits per heavy atom. The van der Waals surface area contributed by atoms with Gasteiger partial charge in [0.15, 0.2) is 0 Å². The Kier molecular flexibility index (Phi) is 4.41. The Bertz CT molecular complexity index is 806. The summed E-state index contributed by atoms with van der Waals surface area (Å²) in [6.45, 7) is 5.44. The van der Waals surface area contributed by atoms with Gasteiger partial charge in [-0.15, -0.1) is 22.7 Å². The van der Waals surface area contributed by atoms with Gasteiger partial charge in [-0.3, -0.25) is 9.59 Å². The molecule has 3 heterocycles. The van der Waals surface area contributed by atoms with Crippen molar-refractivity contribution in [2.24, 2.45) is 0 Å². The summed E-state index contributed by atoms with van der Waals surface area (Å²) >= 11 is 3.11. The fourth-order valence-electron chi connectivity index (χ4n) is 3.52. The summed E-state index contributed by atoms with van der Waals surface area (Å²) in [7, 11) is 0. The Balaban J connectivity index is 1.48. The molecule has 1 atom stereocenters. The SMILES string of the molecule is Cc1ccc(C(=O)N2CCC(N(C(=O)c3ccc(C)s3)C3CC3)C2)s1. The second kappa shape index (κ2) is 6.57. The summed E-state index contributed by atoms with van der Waals surface area (Å²) in [5, 5.41) is 0. The van der Waals surface area contributed by atoms with Crippen LogP contribution in [0.2, 0.25) is 0 Å². The molecule has 2 aliphatic rings. The van der Waals surface area contributed by atoms with Gasteiger partial charge in [-0.1, -0.05) is 0 Å². The topological polar surface area (TPSA) is 40.6 Å². The first-order valence-corrected chi connectivity index (χ1v) is 10.4. The van der Waals surface area contributed by atoms with Crippen molar-refractivity contribution >= 4 is 34.5 Å². The molecular weight excluding hydrogens is 352 g/mol. The van der Waals surface area contributed by atoms with Crippen LogP contribution < -0.4 is 0 Å². The molecule has 1 saturated heterocycles. The average molecular weight is 375 g/mol. The number of nitrogens with zero attached hydrogens (tertiary/aromatic N) is 2. The zero-order valence-electron chi connectivity index (χ0n) is 14.5. The third-order valence-electron chi connectivity index (χ3n) is 4.92. The van der Waals surface area contributed by atoms with E-state index in [4.69, 9.17) is 0 Å². The van der Waals surface area contributed by atoms with Gasteiger partial charge in [0.25, 0.3) is 11.8 Å². The van der Waals surface area contributed by atoms with Crippen molar-refractivity contribution in [3.63, 3.8) is 0 Å². The number of aryl methyl sites for hydroxylation is 2. The standard InChI is InChI=1S/C19H22N2O2S2/c1-12-3-7-16(24-12)18(22)20-10-9-15(11-20)21(14-5-6-14)19(23)17-8-4-13(2)25-17/h3-4,7-8,14-15H,5-6,9-11H2,1-2H3. The molecule has 25 heavy (non-hydrogen) atoms. The van der Waals surface area contributed by atoms with Crippen LogP contribution in [0.5, 0.6) is 0 Å². The minimum absolute atomic E-state index is 0.107. The van der Waals surface area contributed by atoms with E-state index < -0.39 is 0 Å². The van der Waals surface area contributed by atoms with Crippen LogP contribution in [0.25, 0.3) is 0 Å². The van der Waals surface area contributed by atoms with Gasteiger partial charge in [-0.05, 0) is 57.4 Å². The van der Waals surface area contributed by atoms with Gasteiger partial charge in [-0.25, -0.2) is 0 Å². The Morgan fingerprint density at radius 2 is 1.60 bits per heavy atom. The van der Waals surface area contributed by atoms with Crippen LogP contribution in [0.15, 0.2) is 24.3 Å². The smallest absolute Gasteiger partial charge is 0.264 e. The van der Waals surface area contributed by atoms with E-state index in [1.807, 2.05) is 43.0 Å². The molecule has 2 fully saturated rings. The molecule has 0 radical (unpaired) electrons. The number of carbonyl (C=O) groups is 2. The molecule has 0 N–H and O–H groups in total. The van der Waals surface area contributed by atoms with Gasteiger partial charge < -0.3 is 9.80 Å². The van der Waals surface area contributed by atoms with Crippen LogP contribution in [0.4, 0.5) is 0 Å². The Hall–Kier alpha value is -1.66. The highest BCUT2D eigenvalue weighted by Gasteiger charge is 2.41. The van der Waals surface area contributed by atoms with E-state index in [0.717, 1.165) is 45.3 Å². The van der Waals surface area contributed by atoms with Crippen molar-refractivity contribution in [1.29, 1.82) is 0 Å². The van der Waals surface area contributed by atoms with E-state index in [1.165, 1.54) is 0 Å². The van der Waals surface area contributed by atoms with Crippen molar-refractivity contribution in [2.75, 3.05) is 13.1 Å². The van der Waals surface area contributed by atoms with Crippen LogP contribution in [0.1, 0.15) is 48.4 Å². The van der Waals surface area contributed by atoms with Gasteiger partial charge in [0, 0.05) is 28.9 Å². The molecule has 4 nitrogen and oxygen atoms in total. The van der Waals surface area contributed by atoms with Crippen molar-refractivity contribution < 1.29 is 9.59 Å². The molecule has 2 aromatic rings. The van der Waals surface area contributed by atoms with Gasteiger partial charge >= 0.3 is 0 Å². The van der Waals surface area contributed by atoms with Crippen molar-refractivity contribution in [3.8, 4) is 0 Å². The molecule has 2 amide bonds. The zero-order chi connectivity index (χ0) is 17.6. The third kappa shape index (κ3) is 3.37. The number of likely N-dealkylation sites (tertiary alicyclic amines) is 1.